The minimum absolute atomic E-state index is 0.156. The van der Waals surface area contributed by atoms with Gasteiger partial charge in [-0.2, -0.15) is 10.2 Å². The maximum Gasteiger partial charge on any atom is 0.224 e. The minimum atomic E-state index is -0.293. The summed E-state index contributed by atoms with van der Waals surface area (Å²) in [6.45, 7) is 5.62. The monoisotopic (exact) mass is 404 g/mol. The first-order valence-electron chi connectivity index (χ1n) is 10.5. The van der Waals surface area contributed by atoms with Crippen LogP contribution in [0.3, 0.4) is 0 Å². The van der Waals surface area contributed by atoms with Gasteiger partial charge in [0.2, 0.25) is 5.95 Å². The molecule has 1 aromatic carbocycles. The normalized spacial score (nSPS) is 20.6. The molecule has 0 spiro atoms. The molecule has 1 fully saturated rings. The molecule has 156 valence electrons. The number of anilines is 2. The zero-order valence-corrected chi connectivity index (χ0v) is 17.5. The average molecular weight is 405 g/mol. The van der Waals surface area contributed by atoms with Crippen LogP contribution in [0.15, 0.2) is 42.7 Å². The number of aromatic nitrogens is 3. The maximum atomic E-state index is 10.2. The predicted octanol–water partition coefficient (Wildman–Crippen LogP) is 3.77. The molecule has 0 amide bonds. The van der Waals surface area contributed by atoms with Gasteiger partial charge in [-0.15, -0.1) is 0 Å². The summed E-state index contributed by atoms with van der Waals surface area (Å²) in [6, 6.07) is 12.7. The van der Waals surface area contributed by atoms with E-state index in [4.69, 9.17) is 0 Å². The van der Waals surface area contributed by atoms with Crippen molar-refractivity contribution < 1.29 is 5.11 Å². The van der Waals surface area contributed by atoms with Crippen LogP contribution in [0.2, 0.25) is 0 Å². The number of hydrogen-bond acceptors (Lipinski definition) is 6. The third-order valence-corrected chi connectivity index (χ3v) is 6.03. The van der Waals surface area contributed by atoms with Gasteiger partial charge in [0.25, 0.3) is 0 Å². The standard InChI is InChI=1S/C23H28N6O/c1-23(2)13-18(7-8-20(23)30)27-21-17(14-24)15-26-22(28-21)25-10-12-29-11-9-16-5-3-4-6-19(16)29/h3-6,9,11,15,18,20,30H,7-8,10,12-13H2,1-2H3,(H2,25,26,27,28)/t18-,20+/m1/s1. The summed E-state index contributed by atoms with van der Waals surface area (Å²) in [5, 5.41) is 27.5. The Morgan fingerprint density at radius 1 is 1.27 bits per heavy atom. The zero-order chi connectivity index (χ0) is 21.1. The summed E-state index contributed by atoms with van der Waals surface area (Å²) in [4.78, 5) is 8.85. The van der Waals surface area contributed by atoms with Crippen LogP contribution in [-0.2, 0) is 6.54 Å². The fourth-order valence-corrected chi connectivity index (χ4v) is 4.22. The SMILES string of the molecule is CC1(C)C[C@H](Nc2nc(NCCn3ccc4ccccc43)ncc2C#N)CC[C@@H]1O. The molecule has 1 saturated carbocycles. The number of para-hydroxylation sites is 1. The quantitative estimate of drug-likeness (QED) is 0.578. The molecule has 2 heterocycles. The highest BCUT2D eigenvalue weighted by molar-refractivity contribution is 5.79. The molecule has 0 radical (unpaired) electrons. The van der Waals surface area contributed by atoms with Crippen molar-refractivity contribution in [2.75, 3.05) is 17.2 Å². The van der Waals surface area contributed by atoms with Crippen LogP contribution in [0.5, 0.6) is 0 Å². The molecule has 3 N–H and O–H groups in total. The van der Waals surface area contributed by atoms with Gasteiger partial charge in [-0.25, -0.2) is 4.98 Å². The molecule has 0 aliphatic heterocycles. The van der Waals surface area contributed by atoms with Crippen LogP contribution in [0.25, 0.3) is 10.9 Å². The van der Waals surface area contributed by atoms with Crippen molar-refractivity contribution >= 4 is 22.7 Å². The Labute approximate surface area is 176 Å². The molecule has 7 heteroatoms. The van der Waals surface area contributed by atoms with Gasteiger partial charge >= 0.3 is 0 Å². The van der Waals surface area contributed by atoms with Crippen molar-refractivity contribution in [2.45, 2.75) is 51.8 Å². The van der Waals surface area contributed by atoms with Crippen LogP contribution >= 0.6 is 0 Å². The first-order chi connectivity index (χ1) is 14.5. The zero-order valence-electron chi connectivity index (χ0n) is 17.5. The summed E-state index contributed by atoms with van der Waals surface area (Å²) in [6.07, 6.45) is 5.77. The third-order valence-electron chi connectivity index (χ3n) is 6.03. The van der Waals surface area contributed by atoms with Crippen molar-refractivity contribution in [2.24, 2.45) is 5.41 Å². The van der Waals surface area contributed by atoms with E-state index in [1.165, 1.54) is 10.9 Å². The number of rotatable bonds is 6. The molecule has 7 nitrogen and oxygen atoms in total. The van der Waals surface area contributed by atoms with Crippen molar-refractivity contribution in [3.8, 4) is 6.07 Å². The lowest BCUT2D eigenvalue weighted by molar-refractivity contribution is 0.00926. The van der Waals surface area contributed by atoms with E-state index >= 15 is 0 Å². The summed E-state index contributed by atoms with van der Waals surface area (Å²) in [7, 11) is 0. The first kappa shape index (κ1) is 20.2. The number of aliphatic hydroxyl groups excluding tert-OH is 1. The van der Waals surface area contributed by atoms with Gasteiger partial charge in [0.1, 0.15) is 17.5 Å². The second-order valence-corrected chi connectivity index (χ2v) is 8.69. The highest BCUT2D eigenvalue weighted by atomic mass is 16.3. The van der Waals surface area contributed by atoms with Gasteiger partial charge in [-0.05, 0) is 42.2 Å². The largest absolute Gasteiger partial charge is 0.393 e. The van der Waals surface area contributed by atoms with Crippen molar-refractivity contribution in [1.82, 2.24) is 14.5 Å². The molecule has 3 aromatic rings. The van der Waals surface area contributed by atoms with E-state index < -0.39 is 0 Å². The van der Waals surface area contributed by atoms with E-state index in [0.717, 1.165) is 25.8 Å². The summed E-state index contributed by atoms with van der Waals surface area (Å²) in [5.74, 6) is 1.06. The minimum Gasteiger partial charge on any atom is -0.393 e. The van der Waals surface area contributed by atoms with Crippen LogP contribution in [0, 0.1) is 16.7 Å². The molecular formula is C23H28N6O. The Bertz CT molecular complexity index is 1070. The lowest BCUT2D eigenvalue weighted by Gasteiger charge is -2.40. The lowest BCUT2D eigenvalue weighted by atomic mass is 9.73. The van der Waals surface area contributed by atoms with Gasteiger partial charge < -0.3 is 20.3 Å². The third kappa shape index (κ3) is 4.24. The van der Waals surface area contributed by atoms with Crippen molar-refractivity contribution in [1.29, 1.82) is 5.26 Å². The molecule has 4 rings (SSSR count). The molecule has 1 aliphatic rings. The molecule has 2 aromatic heterocycles. The number of nitrogens with zero attached hydrogens (tertiary/aromatic N) is 4. The molecule has 0 bridgehead atoms. The second-order valence-electron chi connectivity index (χ2n) is 8.69. The predicted molar refractivity (Wildman–Crippen MR) is 118 cm³/mol. The fraction of sp³-hybridized carbons (Fsp3) is 0.435. The highest BCUT2D eigenvalue weighted by Crippen LogP contribution is 2.36. The van der Waals surface area contributed by atoms with Crippen LogP contribution < -0.4 is 10.6 Å². The van der Waals surface area contributed by atoms with Gasteiger partial charge in [0.05, 0.1) is 12.3 Å². The van der Waals surface area contributed by atoms with E-state index in [2.05, 4.69) is 69.5 Å². The van der Waals surface area contributed by atoms with E-state index in [-0.39, 0.29) is 17.6 Å². The molecule has 0 saturated heterocycles. The Morgan fingerprint density at radius 2 is 2.10 bits per heavy atom. The lowest BCUT2D eigenvalue weighted by Crippen LogP contribution is -2.41. The van der Waals surface area contributed by atoms with Crippen molar-refractivity contribution in [3.05, 3.63) is 48.3 Å². The average Bonchev–Trinajstić information content (AvgIpc) is 3.14. The highest BCUT2D eigenvalue weighted by Gasteiger charge is 2.35. The topological polar surface area (TPSA) is 98.8 Å². The Morgan fingerprint density at radius 3 is 2.90 bits per heavy atom. The number of benzene rings is 1. The molecule has 0 unspecified atom stereocenters. The number of hydrogen-bond donors (Lipinski definition) is 3. The van der Waals surface area contributed by atoms with Gasteiger partial charge in [-0.1, -0.05) is 32.0 Å². The first-order valence-corrected chi connectivity index (χ1v) is 10.5. The Kier molecular flexibility index (Phi) is 5.60. The van der Waals surface area contributed by atoms with E-state index in [9.17, 15) is 10.4 Å². The van der Waals surface area contributed by atoms with E-state index in [0.29, 0.717) is 23.9 Å². The van der Waals surface area contributed by atoms with E-state index in [1.54, 1.807) is 6.20 Å². The number of nitriles is 1. The summed E-state index contributed by atoms with van der Waals surface area (Å²) in [5.41, 5.74) is 1.47. The maximum absolute atomic E-state index is 10.2. The van der Waals surface area contributed by atoms with E-state index in [1.807, 2.05) is 12.1 Å². The molecule has 2 atom stereocenters. The Balaban J connectivity index is 1.42. The van der Waals surface area contributed by atoms with Crippen LogP contribution in [0.1, 0.15) is 38.7 Å². The molecular weight excluding hydrogens is 376 g/mol. The van der Waals surface area contributed by atoms with Gasteiger partial charge in [0.15, 0.2) is 0 Å². The van der Waals surface area contributed by atoms with Gasteiger partial charge in [-0.3, -0.25) is 0 Å². The second kappa shape index (κ2) is 8.33. The van der Waals surface area contributed by atoms with Crippen molar-refractivity contribution in [3.63, 3.8) is 0 Å². The summed E-state index contributed by atoms with van der Waals surface area (Å²) < 4.78 is 2.20. The molecule has 1 aliphatic carbocycles. The number of nitrogens with one attached hydrogen (secondary N) is 2. The number of aliphatic hydroxyl groups is 1. The number of fused-ring (bicyclic) bond motifs is 1. The van der Waals surface area contributed by atoms with Gasteiger partial charge in [0, 0.05) is 30.8 Å². The van der Waals surface area contributed by atoms with Crippen LogP contribution in [-0.4, -0.2) is 38.3 Å². The summed E-state index contributed by atoms with van der Waals surface area (Å²) >= 11 is 0. The smallest absolute Gasteiger partial charge is 0.224 e. The Hall–Kier alpha value is -3.11. The fourth-order valence-electron chi connectivity index (χ4n) is 4.22. The molecule has 30 heavy (non-hydrogen) atoms. The van der Waals surface area contributed by atoms with Crippen LogP contribution in [0.4, 0.5) is 11.8 Å².